The summed E-state index contributed by atoms with van der Waals surface area (Å²) < 4.78 is 2.25. The number of nitrogens with zero attached hydrogens (tertiary/aromatic N) is 3. The van der Waals surface area contributed by atoms with E-state index in [-0.39, 0.29) is 16.6 Å². The van der Waals surface area contributed by atoms with E-state index in [9.17, 15) is 5.11 Å². The zero-order valence-electron chi connectivity index (χ0n) is 31.6. The second-order valence-electron chi connectivity index (χ2n) is 16.5. The van der Waals surface area contributed by atoms with Gasteiger partial charge >= 0.3 is 0 Å². The average molecular weight is 702 g/mol. The minimum atomic E-state index is -0.292. The highest BCUT2D eigenvalue weighted by atomic mass is 16.3. The number of rotatable bonds is 4. The normalized spacial score (nSPS) is 12.3. The smallest absolute Gasteiger partial charge is 0.149 e. The molecule has 7 aromatic carbocycles. The first-order valence-corrected chi connectivity index (χ1v) is 18.7. The number of pyridine rings is 1. The fourth-order valence-corrected chi connectivity index (χ4v) is 7.88. The topological polar surface area (TPSA) is 50.9 Å². The molecule has 0 aliphatic carbocycles. The highest BCUT2D eigenvalue weighted by molar-refractivity contribution is 6.05. The summed E-state index contributed by atoms with van der Waals surface area (Å²) in [5, 5.41) is 19.1. The number of aromatic nitrogens is 3. The third kappa shape index (κ3) is 5.61. The predicted octanol–water partition coefficient (Wildman–Crippen LogP) is 13.2. The Morgan fingerprint density at radius 3 is 1.96 bits per heavy atom. The number of hydrogen-bond acceptors (Lipinski definition) is 3. The van der Waals surface area contributed by atoms with Crippen LogP contribution < -0.4 is 0 Å². The van der Waals surface area contributed by atoms with E-state index < -0.39 is 0 Å². The van der Waals surface area contributed by atoms with E-state index in [0.29, 0.717) is 5.82 Å². The van der Waals surface area contributed by atoms with Gasteiger partial charge in [-0.2, -0.15) is 0 Å². The van der Waals surface area contributed by atoms with E-state index in [2.05, 4.69) is 186 Å². The highest BCUT2D eigenvalue weighted by Gasteiger charge is 2.29. The van der Waals surface area contributed by atoms with Gasteiger partial charge in [-0.1, -0.05) is 145 Å². The zero-order valence-corrected chi connectivity index (χ0v) is 31.6. The van der Waals surface area contributed by atoms with Crippen molar-refractivity contribution >= 4 is 43.4 Å². The standard InChI is InChI=1S/C50H43N3O/c1-49(2,3)36-28-41(47(54)42(29-36)50(4,5)6)48-52-46-39(22-14-24-45(46)53(48)44-23-13-19-31-15-9-12-21-38(31)44)35-25-33-17-10-11-20-37(33)40(26-35)43-27-32-16-7-8-18-34(32)30-51-43/h7-30,54H,1-6H3. The van der Waals surface area contributed by atoms with Gasteiger partial charge in [0.1, 0.15) is 11.6 Å². The maximum Gasteiger partial charge on any atom is 0.149 e. The Morgan fingerprint density at radius 1 is 0.537 bits per heavy atom. The summed E-state index contributed by atoms with van der Waals surface area (Å²) in [4.78, 5) is 10.5. The van der Waals surface area contributed by atoms with Gasteiger partial charge in [0.2, 0.25) is 0 Å². The molecule has 4 heteroatoms. The molecule has 0 atom stereocenters. The van der Waals surface area contributed by atoms with Crippen LogP contribution in [0, 0.1) is 0 Å². The lowest BCUT2D eigenvalue weighted by Gasteiger charge is -2.27. The van der Waals surface area contributed by atoms with Crippen LogP contribution in [0.15, 0.2) is 146 Å². The summed E-state index contributed by atoms with van der Waals surface area (Å²) in [7, 11) is 0. The number of phenols is 1. The van der Waals surface area contributed by atoms with Crippen molar-refractivity contribution in [3.8, 4) is 45.2 Å². The molecule has 4 nitrogen and oxygen atoms in total. The Kier molecular flexibility index (Phi) is 7.72. The Morgan fingerprint density at radius 2 is 1.20 bits per heavy atom. The van der Waals surface area contributed by atoms with Gasteiger partial charge < -0.3 is 5.11 Å². The third-order valence-corrected chi connectivity index (χ3v) is 10.8. The van der Waals surface area contributed by atoms with E-state index in [4.69, 9.17) is 9.97 Å². The summed E-state index contributed by atoms with van der Waals surface area (Å²) in [5.74, 6) is 0.976. The summed E-state index contributed by atoms with van der Waals surface area (Å²) in [6.45, 7) is 13.2. The lowest BCUT2D eigenvalue weighted by atomic mass is 9.79. The van der Waals surface area contributed by atoms with Crippen LogP contribution in [-0.2, 0) is 10.8 Å². The molecule has 0 radical (unpaired) electrons. The van der Waals surface area contributed by atoms with Gasteiger partial charge in [-0.15, -0.1) is 0 Å². The SMILES string of the molecule is CC(C)(C)c1cc(-c2nc3c(-c4cc(-c5cc6ccccc6cn5)c5ccccc5c4)cccc3n2-c2cccc3ccccc23)c(O)c(C(C)(C)C)c1. The van der Waals surface area contributed by atoms with Crippen LogP contribution in [0.2, 0.25) is 0 Å². The first-order chi connectivity index (χ1) is 26.0. The summed E-state index contributed by atoms with van der Waals surface area (Å²) >= 11 is 0. The fraction of sp³-hybridized carbons (Fsp3) is 0.160. The highest BCUT2D eigenvalue weighted by Crippen LogP contribution is 2.45. The third-order valence-electron chi connectivity index (χ3n) is 10.8. The van der Waals surface area contributed by atoms with Crippen LogP contribution in [0.4, 0.5) is 0 Å². The van der Waals surface area contributed by atoms with Crippen LogP contribution in [-0.4, -0.2) is 19.6 Å². The Hall–Kier alpha value is -6.26. The first kappa shape index (κ1) is 33.6. The number of hydrogen-bond donors (Lipinski definition) is 1. The van der Waals surface area contributed by atoms with Crippen molar-refractivity contribution in [2.75, 3.05) is 0 Å². The first-order valence-electron chi connectivity index (χ1n) is 18.7. The van der Waals surface area contributed by atoms with Crippen LogP contribution >= 0.6 is 0 Å². The molecule has 9 aromatic rings. The van der Waals surface area contributed by atoms with E-state index >= 15 is 0 Å². The molecule has 1 N–H and O–H groups in total. The molecule has 54 heavy (non-hydrogen) atoms. The molecule has 9 rings (SSSR count). The lowest BCUT2D eigenvalue weighted by molar-refractivity contribution is 0.446. The molecule has 0 aliphatic rings. The molecule has 0 spiro atoms. The van der Waals surface area contributed by atoms with Crippen molar-refractivity contribution in [2.45, 2.75) is 52.4 Å². The number of fused-ring (bicyclic) bond motifs is 4. The van der Waals surface area contributed by atoms with Gasteiger partial charge in [0.15, 0.2) is 0 Å². The number of para-hydroxylation sites is 1. The van der Waals surface area contributed by atoms with Crippen molar-refractivity contribution in [1.29, 1.82) is 0 Å². The molecule has 0 bridgehead atoms. The van der Waals surface area contributed by atoms with Crippen molar-refractivity contribution in [3.63, 3.8) is 0 Å². The predicted molar refractivity (Wildman–Crippen MR) is 227 cm³/mol. The van der Waals surface area contributed by atoms with Crippen molar-refractivity contribution in [1.82, 2.24) is 14.5 Å². The molecule has 2 aromatic heterocycles. The maximum atomic E-state index is 12.3. The minimum Gasteiger partial charge on any atom is -0.507 e. The molecule has 0 aliphatic heterocycles. The Bertz CT molecular complexity index is 2910. The van der Waals surface area contributed by atoms with Crippen molar-refractivity contribution < 1.29 is 5.11 Å². The second-order valence-corrected chi connectivity index (χ2v) is 16.5. The summed E-state index contributed by atoms with van der Waals surface area (Å²) in [5.41, 5.74) is 9.27. The molecule has 0 unspecified atom stereocenters. The number of aromatic hydroxyl groups is 1. The molecule has 264 valence electrons. The fourth-order valence-electron chi connectivity index (χ4n) is 7.88. The van der Waals surface area contributed by atoms with E-state index in [1.165, 1.54) is 0 Å². The summed E-state index contributed by atoms with van der Waals surface area (Å²) in [6.07, 6.45) is 1.97. The molecule has 0 fully saturated rings. The maximum absolute atomic E-state index is 12.3. The minimum absolute atomic E-state index is 0.151. The summed E-state index contributed by atoms with van der Waals surface area (Å²) in [6, 6.07) is 49.3. The molecular formula is C50H43N3O. The van der Waals surface area contributed by atoms with Gasteiger partial charge in [0.25, 0.3) is 0 Å². The zero-order chi connectivity index (χ0) is 37.4. The van der Waals surface area contributed by atoms with E-state index in [0.717, 1.165) is 88.1 Å². The number of phenolic OH excluding ortho intramolecular Hbond substituents is 1. The molecule has 0 saturated carbocycles. The lowest BCUT2D eigenvalue weighted by Crippen LogP contribution is -2.17. The van der Waals surface area contributed by atoms with Crippen molar-refractivity contribution in [3.05, 3.63) is 157 Å². The molecule has 0 saturated heterocycles. The second kappa shape index (κ2) is 12.4. The van der Waals surface area contributed by atoms with Gasteiger partial charge in [-0.3, -0.25) is 9.55 Å². The average Bonchev–Trinajstić information content (AvgIpc) is 3.55. The van der Waals surface area contributed by atoms with Crippen LogP contribution in [0.1, 0.15) is 52.7 Å². The Balaban J connectivity index is 1.37. The van der Waals surface area contributed by atoms with Gasteiger partial charge in [-0.25, -0.2) is 4.98 Å². The largest absolute Gasteiger partial charge is 0.507 e. The number of benzene rings is 7. The van der Waals surface area contributed by atoms with E-state index in [1.54, 1.807) is 0 Å². The van der Waals surface area contributed by atoms with Gasteiger partial charge in [0, 0.05) is 33.7 Å². The van der Waals surface area contributed by atoms with Crippen LogP contribution in [0.25, 0.3) is 82.8 Å². The number of imidazole rings is 1. The molecule has 2 heterocycles. The monoisotopic (exact) mass is 701 g/mol. The van der Waals surface area contributed by atoms with Crippen LogP contribution in [0.5, 0.6) is 5.75 Å². The van der Waals surface area contributed by atoms with Crippen molar-refractivity contribution in [2.24, 2.45) is 0 Å². The molecular weight excluding hydrogens is 659 g/mol. The van der Waals surface area contributed by atoms with Gasteiger partial charge in [-0.05, 0) is 79.9 Å². The van der Waals surface area contributed by atoms with Gasteiger partial charge in [0.05, 0.1) is 28.0 Å². The van der Waals surface area contributed by atoms with Crippen LogP contribution in [0.3, 0.4) is 0 Å². The molecule has 0 amide bonds. The Labute approximate surface area is 316 Å². The van der Waals surface area contributed by atoms with E-state index in [1.807, 2.05) is 6.20 Å². The quantitative estimate of drug-likeness (QED) is 0.199.